The third-order valence-corrected chi connectivity index (χ3v) is 3.40. The summed E-state index contributed by atoms with van der Waals surface area (Å²) in [6.07, 6.45) is 12.9. The van der Waals surface area contributed by atoms with Gasteiger partial charge in [0.15, 0.2) is 5.82 Å². The van der Waals surface area contributed by atoms with Crippen LogP contribution in [0.15, 0.2) is 9.32 Å². The number of carboxylic acids is 1. The highest BCUT2D eigenvalue weighted by molar-refractivity contribution is 5.66. The number of aryl methyl sites for hydroxylation is 1. The van der Waals surface area contributed by atoms with Crippen molar-refractivity contribution in [2.75, 3.05) is 13.1 Å². The van der Waals surface area contributed by atoms with Crippen LogP contribution in [0.2, 0.25) is 0 Å². The summed E-state index contributed by atoms with van der Waals surface area (Å²) in [7, 11) is 0. The molecule has 0 saturated carbocycles. The lowest BCUT2D eigenvalue weighted by Gasteiger charge is -2.21. The van der Waals surface area contributed by atoms with Gasteiger partial charge in [0.2, 0.25) is 0 Å². The van der Waals surface area contributed by atoms with Gasteiger partial charge in [0, 0.05) is 19.5 Å². The van der Waals surface area contributed by atoms with Crippen LogP contribution in [0.25, 0.3) is 0 Å². The maximum Gasteiger partial charge on any atom is 0.441 e. The highest BCUT2D eigenvalue weighted by Crippen LogP contribution is 2.20. The van der Waals surface area contributed by atoms with Crippen LogP contribution in [0.4, 0.5) is 0 Å². The molecule has 21 heavy (non-hydrogen) atoms. The Bertz CT molecular complexity index is 518. The quantitative estimate of drug-likeness (QED) is 0.616. The van der Waals surface area contributed by atoms with Crippen LogP contribution in [-0.4, -0.2) is 33.9 Å². The van der Waals surface area contributed by atoms with E-state index in [0.717, 1.165) is 32.1 Å². The van der Waals surface area contributed by atoms with E-state index < -0.39 is 11.7 Å². The first-order valence-corrected chi connectivity index (χ1v) is 7.01. The molecule has 0 saturated heterocycles. The number of terminal acetylenes is 1. The van der Waals surface area contributed by atoms with Gasteiger partial charge in [-0.15, -0.1) is 12.8 Å². The zero-order valence-corrected chi connectivity index (χ0v) is 12.0. The summed E-state index contributed by atoms with van der Waals surface area (Å²) in [6.45, 7) is 0.975. The number of carbonyl (C=O) groups is 1. The highest BCUT2D eigenvalue weighted by Gasteiger charge is 2.21. The van der Waals surface area contributed by atoms with E-state index in [1.807, 2.05) is 0 Å². The molecule has 1 aromatic heterocycles. The number of nitrogens with one attached hydrogen (secondary N) is 1. The molecule has 0 fully saturated rings. The van der Waals surface area contributed by atoms with Crippen LogP contribution in [0.5, 0.6) is 0 Å². The third-order valence-electron chi connectivity index (χ3n) is 3.40. The molecule has 2 rings (SSSR count). The summed E-state index contributed by atoms with van der Waals surface area (Å²) in [5, 5.41) is 15.5. The summed E-state index contributed by atoms with van der Waals surface area (Å²) in [5.41, 5.74) is 0. The molecule has 0 aliphatic carbocycles. The summed E-state index contributed by atoms with van der Waals surface area (Å²) >= 11 is 0. The smallest absolute Gasteiger partial charge is 0.441 e. The van der Waals surface area contributed by atoms with Gasteiger partial charge in [0.25, 0.3) is 0 Å². The fourth-order valence-corrected chi connectivity index (χ4v) is 2.44. The molecule has 0 radical (unpaired) electrons. The van der Waals surface area contributed by atoms with Crippen molar-refractivity contribution >= 4 is 5.97 Å². The average Bonchev–Trinajstić information content (AvgIpc) is 2.80. The molecule has 0 spiro atoms. The first-order valence-electron chi connectivity index (χ1n) is 7.01. The van der Waals surface area contributed by atoms with E-state index in [4.69, 9.17) is 9.63 Å². The Morgan fingerprint density at radius 3 is 2.90 bits per heavy atom. The van der Waals surface area contributed by atoms with Gasteiger partial charge in [-0.3, -0.25) is 13.9 Å². The zero-order chi connectivity index (χ0) is 15.7. The van der Waals surface area contributed by atoms with Crippen molar-refractivity contribution in [3.05, 3.63) is 16.4 Å². The van der Waals surface area contributed by atoms with E-state index in [1.165, 1.54) is 0 Å². The Morgan fingerprint density at radius 2 is 2.19 bits per heavy atom. The Labute approximate surface area is 123 Å². The molecule has 2 N–H and O–H groups in total. The van der Waals surface area contributed by atoms with Crippen LogP contribution in [0.1, 0.15) is 44.0 Å². The second kappa shape index (κ2) is 8.97. The number of carboxylic acid groups (broad SMARTS) is 1. The molecule has 116 valence electrons. The monoisotopic (exact) mass is 295 g/mol. The molecule has 0 amide bonds. The van der Waals surface area contributed by atoms with Gasteiger partial charge in [-0.05, 0) is 12.8 Å². The fraction of sp³-hybridized carbons (Fsp3) is 0.643. The molecule has 1 unspecified atom stereocenters. The van der Waals surface area contributed by atoms with Gasteiger partial charge >= 0.3 is 11.7 Å². The minimum atomic E-state index is -0.826. The lowest BCUT2D eigenvalue weighted by Crippen LogP contribution is -2.33. The van der Waals surface area contributed by atoms with Crippen LogP contribution >= 0.6 is 0 Å². The molecule has 0 bridgehead atoms. The summed E-state index contributed by atoms with van der Waals surface area (Å²) in [5.74, 6) is -0.537. The molecule has 7 nitrogen and oxygen atoms in total. The summed E-state index contributed by atoms with van der Waals surface area (Å²) in [6, 6.07) is 0.00263. The van der Waals surface area contributed by atoms with E-state index in [0.29, 0.717) is 18.9 Å². The first kappa shape index (κ1) is 17.0. The molecule has 1 aromatic rings. The van der Waals surface area contributed by atoms with E-state index in [9.17, 15) is 9.59 Å². The van der Waals surface area contributed by atoms with Crippen molar-refractivity contribution < 1.29 is 14.4 Å². The molecule has 0 aromatic carbocycles. The SMILES string of the molecule is C#C.O=C(O)CCNCC1CCCCCc2noc(=O)n21. The van der Waals surface area contributed by atoms with Gasteiger partial charge in [0.05, 0.1) is 12.5 Å². The van der Waals surface area contributed by atoms with Gasteiger partial charge < -0.3 is 10.4 Å². The minimum Gasteiger partial charge on any atom is -0.481 e. The van der Waals surface area contributed by atoms with E-state index in [2.05, 4.69) is 23.3 Å². The molecular weight excluding hydrogens is 274 g/mol. The average molecular weight is 295 g/mol. The van der Waals surface area contributed by atoms with Gasteiger partial charge in [-0.1, -0.05) is 18.0 Å². The Kier molecular flexibility index (Phi) is 7.26. The maximum atomic E-state index is 11.7. The number of fused-ring (bicyclic) bond motifs is 1. The predicted octanol–water partition coefficient (Wildman–Crippen LogP) is 0.808. The second-order valence-corrected chi connectivity index (χ2v) is 4.84. The lowest BCUT2D eigenvalue weighted by atomic mass is 10.0. The Hall–Kier alpha value is -2.07. The molecule has 1 atom stereocenters. The number of nitrogens with zero attached hydrogens (tertiary/aromatic N) is 2. The van der Waals surface area contributed by atoms with Gasteiger partial charge in [0.1, 0.15) is 0 Å². The van der Waals surface area contributed by atoms with Crippen molar-refractivity contribution in [2.45, 2.75) is 44.6 Å². The fourth-order valence-electron chi connectivity index (χ4n) is 2.44. The predicted molar refractivity (Wildman–Crippen MR) is 77.0 cm³/mol. The van der Waals surface area contributed by atoms with E-state index in [-0.39, 0.29) is 12.5 Å². The molecule has 7 heteroatoms. The van der Waals surface area contributed by atoms with E-state index in [1.54, 1.807) is 4.57 Å². The summed E-state index contributed by atoms with van der Waals surface area (Å²) < 4.78 is 6.36. The number of rotatable bonds is 5. The lowest BCUT2D eigenvalue weighted by molar-refractivity contribution is -0.136. The van der Waals surface area contributed by atoms with Gasteiger partial charge in [-0.25, -0.2) is 4.79 Å². The zero-order valence-electron chi connectivity index (χ0n) is 12.0. The van der Waals surface area contributed by atoms with Gasteiger partial charge in [-0.2, -0.15) is 0 Å². The van der Waals surface area contributed by atoms with Crippen molar-refractivity contribution in [3.8, 4) is 12.8 Å². The number of aliphatic carboxylic acids is 1. The van der Waals surface area contributed by atoms with Crippen molar-refractivity contribution in [1.82, 2.24) is 15.0 Å². The van der Waals surface area contributed by atoms with Crippen LogP contribution in [0.3, 0.4) is 0 Å². The number of hydrogen-bond donors (Lipinski definition) is 2. The molecular formula is C14H21N3O4. The second-order valence-electron chi connectivity index (χ2n) is 4.84. The van der Waals surface area contributed by atoms with Crippen LogP contribution in [-0.2, 0) is 11.2 Å². The maximum absolute atomic E-state index is 11.7. The minimum absolute atomic E-state index is 0.00263. The number of hydrogen-bond acceptors (Lipinski definition) is 5. The van der Waals surface area contributed by atoms with Crippen molar-refractivity contribution in [2.24, 2.45) is 0 Å². The molecule has 1 aliphatic heterocycles. The molecule has 1 aliphatic rings. The first-order chi connectivity index (χ1) is 10.2. The largest absolute Gasteiger partial charge is 0.481 e. The van der Waals surface area contributed by atoms with E-state index >= 15 is 0 Å². The van der Waals surface area contributed by atoms with Crippen LogP contribution < -0.4 is 11.1 Å². The van der Waals surface area contributed by atoms with Crippen molar-refractivity contribution in [3.63, 3.8) is 0 Å². The Balaban J connectivity index is 0.00000106. The summed E-state index contributed by atoms with van der Waals surface area (Å²) in [4.78, 5) is 22.1. The van der Waals surface area contributed by atoms with Crippen molar-refractivity contribution in [1.29, 1.82) is 0 Å². The topological polar surface area (TPSA) is 97.4 Å². The molecule has 2 heterocycles. The van der Waals surface area contributed by atoms with Crippen LogP contribution in [0, 0.1) is 12.8 Å². The number of aromatic nitrogens is 2. The highest BCUT2D eigenvalue weighted by atomic mass is 16.5. The standard InChI is InChI=1S/C12H19N3O4.C2H2/c16-11(17)6-7-13-8-9-4-2-1-3-5-10-14-19-12(18)15(9)10;1-2/h9,13H,1-8H2,(H,16,17);1-2H. The third kappa shape index (κ3) is 5.08. The Morgan fingerprint density at radius 1 is 1.43 bits per heavy atom. The normalized spacial score (nSPS) is 17.7.